The number of halogens is 2. The number of carbonyl (C=O) groups excluding carboxylic acids is 3. The van der Waals surface area contributed by atoms with E-state index in [4.69, 9.17) is 4.74 Å². The van der Waals surface area contributed by atoms with Crippen molar-refractivity contribution in [2.45, 2.75) is 20.0 Å². The third kappa shape index (κ3) is 6.79. The summed E-state index contributed by atoms with van der Waals surface area (Å²) in [4.78, 5) is 35.0. The Morgan fingerprint density at radius 3 is 2.39 bits per heavy atom. The number of esters is 1. The number of carbonyl (C=O) groups is 3. The second-order valence-electron chi connectivity index (χ2n) is 5.84. The Hall–Kier alpha value is -3.29. The molecule has 0 saturated heterocycles. The molecule has 0 saturated carbocycles. The second kappa shape index (κ2) is 10.1. The van der Waals surface area contributed by atoms with Crippen LogP contribution in [0.15, 0.2) is 48.5 Å². The minimum Gasteiger partial charge on any atom is -0.454 e. The lowest BCUT2D eigenvalue weighted by Gasteiger charge is -2.08. The lowest BCUT2D eigenvalue weighted by molar-refractivity contribution is -0.118. The van der Waals surface area contributed by atoms with Gasteiger partial charge in [-0.3, -0.25) is 9.59 Å². The molecule has 0 atom stereocenters. The van der Waals surface area contributed by atoms with E-state index >= 15 is 0 Å². The summed E-state index contributed by atoms with van der Waals surface area (Å²) in [6.07, 6.45) is 0.625. The zero-order valence-corrected chi connectivity index (χ0v) is 15.1. The van der Waals surface area contributed by atoms with Gasteiger partial charge < -0.3 is 14.8 Å². The second-order valence-corrected chi connectivity index (χ2v) is 5.84. The molecule has 0 fully saturated rings. The molecule has 2 aromatic carbocycles. The summed E-state index contributed by atoms with van der Waals surface area (Å²) in [7, 11) is 0. The fourth-order valence-corrected chi connectivity index (χ4v) is 2.34. The Morgan fingerprint density at radius 2 is 1.75 bits per heavy atom. The lowest BCUT2D eigenvalue weighted by atomic mass is 10.1. The zero-order valence-electron chi connectivity index (χ0n) is 15.1. The molecule has 0 aromatic heterocycles. The smallest absolute Gasteiger partial charge is 0.387 e. The van der Waals surface area contributed by atoms with Crippen LogP contribution in [0, 0.1) is 0 Å². The van der Waals surface area contributed by atoms with Crippen molar-refractivity contribution in [3.63, 3.8) is 0 Å². The third-order valence-corrected chi connectivity index (χ3v) is 3.69. The molecule has 2 rings (SSSR count). The maximum atomic E-state index is 12.2. The highest BCUT2D eigenvalue weighted by atomic mass is 19.3. The van der Waals surface area contributed by atoms with Gasteiger partial charge in [0.15, 0.2) is 12.4 Å². The Morgan fingerprint density at radius 1 is 1.04 bits per heavy atom. The number of hydrogen-bond acceptors (Lipinski definition) is 5. The van der Waals surface area contributed by atoms with Crippen LogP contribution in [0.2, 0.25) is 0 Å². The van der Waals surface area contributed by atoms with Crippen LogP contribution in [0.5, 0.6) is 5.75 Å². The van der Waals surface area contributed by atoms with E-state index in [1.165, 1.54) is 25.1 Å². The monoisotopic (exact) mass is 391 g/mol. The van der Waals surface area contributed by atoms with Crippen molar-refractivity contribution < 1.29 is 32.6 Å². The number of rotatable bonds is 9. The van der Waals surface area contributed by atoms with Gasteiger partial charge in [-0.1, -0.05) is 30.3 Å². The first-order chi connectivity index (χ1) is 13.3. The Kier molecular flexibility index (Phi) is 7.62. The highest BCUT2D eigenvalue weighted by Gasteiger charge is 2.13. The molecule has 0 radical (unpaired) electrons. The first-order valence-corrected chi connectivity index (χ1v) is 8.43. The number of alkyl halides is 2. The average molecular weight is 391 g/mol. The fourth-order valence-electron chi connectivity index (χ4n) is 2.34. The number of ketones is 1. The predicted octanol–water partition coefficient (Wildman–Crippen LogP) is 3.01. The van der Waals surface area contributed by atoms with E-state index in [0.717, 1.165) is 11.6 Å². The molecule has 6 nitrogen and oxygen atoms in total. The maximum Gasteiger partial charge on any atom is 0.387 e. The average Bonchev–Trinajstić information content (AvgIpc) is 2.66. The Labute approximate surface area is 160 Å². The molecule has 1 amide bonds. The number of Topliss-reactive ketones (excluding diaryl/α,β-unsaturated/α-hetero) is 1. The van der Waals surface area contributed by atoms with E-state index in [2.05, 4.69) is 10.1 Å². The number of amides is 1. The molecule has 2 aromatic rings. The normalized spacial score (nSPS) is 10.4. The molecule has 1 N–H and O–H groups in total. The van der Waals surface area contributed by atoms with Crippen LogP contribution in [-0.2, 0) is 16.0 Å². The number of hydrogen-bond donors (Lipinski definition) is 1. The highest BCUT2D eigenvalue weighted by molar-refractivity contribution is 5.99. The van der Waals surface area contributed by atoms with Crippen molar-refractivity contribution in [1.29, 1.82) is 0 Å². The van der Waals surface area contributed by atoms with Gasteiger partial charge in [0.1, 0.15) is 5.75 Å². The molecule has 0 aliphatic heterocycles. The van der Waals surface area contributed by atoms with E-state index in [9.17, 15) is 23.2 Å². The van der Waals surface area contributed by atoms with Gasteiger partial charge in [-0.2, -0.15) is 8.78 Å². The van der Waals surface area contributed by atoms with Crippen molar-refractivity contribution in [3.8, 4) is 5.75 Å². The zero-order chi connectivity index (χ0) is 20.5. The summed E-state index contributed by atoms with van der Waals surface area (Å²) < 4.78 is 33.6. The van der Waals surface area contributed by atoms with Gasteiger partial charge in [0, 0.05) is 19.0 Å². The van der Waals surface area contributed by atoms with Gasteiger partial charge in [-0.05, 0) is 30.2 Å². The quantitative estimate of drug-likeness (QED) is 0.525. The van der Waals surface area contributed by atoms with Gasteiger partial charge in [0.05, 0.1) is 5.56 Å². The number of ether oxygens (including phenoxy) is 2. The van der Waals surface area contributed by atoms with E-state index in [1.807, 2.05) is 0 Å². The number of benzene rings is 2. The van der Waals surface area contributed by atoms with E-state index in [1.54, 1.807) is 24.3 Å². The molecule has 28 heavy (non-hydrogen) atoms. The Bertz CT molecular complexity index is 837. The van der Waals surface area contributed by atoms with E-state index in [-0.39, 0.29) is 17.2 Å². The molecule has 0 bridgehead atoms. The first kappa shape index (κ1) is 21.0. The van der Waals surface area contributed by atoms with Crippen LogP contribution in [0.25, 0.3) is 0 Å². The summed E-state index contributed by atoms with van der Waals surface area (Å²) in [5.41, 5.74) is 1.31. The van der Waals surface area contributed by atoms with Gasteiger partial charge in [0.25, 0.3) is 0 Å². The summed E-state index contributed by atoms with van der Waals surface area (Å²) in [5.74, 6) is -1.51. The van der Waals surface area contributed by atoms with Crippen LogP contribution < -0.4 is 10.1 Å². The molecular weight excluding hydrogens is 372 g/mol. The largest absolute Gasteiger partial charge is 0.454 e. The van der Waals surface area contributed by atoms with Crippen molar-refractivity contribution in [2.24, 2.45) is 0 Å². The molecule has 0 unspecified atom stereocenters. The van der Waals surface area contributed by atoms with Crippen LogP contribution >= 0.6 is 0 Å². The maximum absolute atomic E-state index is 12.2. The van der Waals surface area contributed by atoms with Gasteiger partial charge in [0.2, 0.25) is 5.91 Å². The van der Waals surface area contributed by atoms with Crippen LogP contribution in [0.3, 0.4) is 0 Å². The highest BCUT2D eigenvalue weighted by Crippen LogP contribution is 2.16. The van der Waals surface area contributed by atoms with Crippen LogP contribution in [0.4, 0.5) is 8.78 Å². The van der Waals surface area contributed by atoms with Gasteiger partial charge >= 0.3 is 12.6 Å². The van der Waals surface area contributed by atoms with Crippen molar-refractivity contribution >= 4 is 17.7 Å². The molecule has 8 heteroatoms. The molecule has 0 spiro atoms. The summed E-state index contributed by atoms with van der Waals surface area (Å²) >= 11 is 0. The first-order valence-electron chi connectivity index (χ1n) is 8.43. The van der Waals surface area contributed by atoms with Crippen molar-refractivity contribution in [2.75, 3.05) is 13.2 Å². The van der Waals surface area contributed by atoms with Crippen molar-refractivity contribution in [1.82, 2.24) is 5.32 Å². The fraction of sp³-hybridized carbons (Fsp3) is 0.250. The molecule has 148 valence electrons. The third-order valence-electron chi connectivity index (χ3n) is 3.69. The number of nitrogens with one attached hydrogen (secondary N) is 1. The Balaban J connectivity index is 1.87. The van der Waals surface area contributed by atoms with Crippen LogP contribution in [0.1, 0.15) is 33.2 Å². The van der Waals surface area contributed by atoms with Gasteiger partial charge in [-0.15, -0.1) is 0 Å². The topological polar surface area (TPSA) is 81.7 Å². The van der Waals surface area contributed by atoms with E-state index in [0.29, 0.717) is 18.5 Å². The van der Waals surface area contributed by atoms with Crippen LogP contribution in [-0.4, -0.2) is 37.4 Å². The van der Waals surface area contributed by atoms with Crippen molar-refractivity contribution in [3.05, 3.63) is 65.2 Å². The van der Waals surface area contributed by atoms with Gasteiger partial charge in [-0.25, -0.2) is 4.79 Å². The summed E-state index contributed by atoms with van der Waals surface area (Å²) in [6, 6.07) is 11.9. The minimum absolute atomic E-state index is 0.000677. The SMILES string of the molecule is CC(=O)NCCc1ccc(C(=O)COC(=O)c2cccc(OC(F)F)c2)cc1. The molecular formula is C20H19F2NO5. The predicted molar refractivity (Wildman–Crippen MR) is 96.5 cm³/mol. The lowest BCUT2D eigenvalue weighted by Crippen LogP contribution is -2.22. The molecule has 0 aliphatic rings. The molecule has 0 heterocycles. The summed E-state index contributed by atoms with van der Waals surface area (Å²) in [5, 5.41) is 2.68. The van der Waals surface area contributed by atoms with E-state index < -0.39 is 25.0 Å². The standard InChI is InChI=1S/C20H19F2NO5/c1-13(24)23-10-9-14-5-7-15(8-6-14)18(25)12-27-19(26)16-3-2-4-17(11-16)28-20(21)22/h2-8,11,20H,9-10,12H2,1H3,(H,23,24). The molecule has 0 aliphatic carbocycles. The summed E-state index contributed by atoms with van der Waals surface area (Å²) in [6.45, 7) is -1.56. The minimum atomic E-state index is -3.01.